The fourth-order valence-electron chi connectivity index (χ4n) is 2.20. The van der Waals surface area contributed by atoms with Crippen LogP contribution in [0.15, 0.2) is 23.2 Å². The molecule has 23 heavy (non-hydrogen) atoms. The number of nitrogens with zero attached hydrogens (tertiary/aromatic N) is 1. The van der Waals surface area contributed by atoms with Crippen molar-refractivity contribution in [2.24, 2.45) is 4.99 Å². The van der Waals surface area contributed by atoms with E-state index in [0.29, 0.717) is 0 Å². The Kier molecular flexibility index (Phi) is 12.6. The summed E-state index contributed by atoms with van der Waals surface area (Å²) in [6.07, 6.45) is 4.48. The maximum atomic E-state index is 5.39. The van der Waals surface area contributed by atoms with Gasteiger partial charge in [-0.05, 0) is 36.6 Å². The van der Waals surface area contributed by atoms with Crippen molar-refractivity contribution in [2.75, 3.05) is 34.4 Å². The van der Waals surface area contributed by atoms with Crippen molar-refractivity contribution in [3.05, 3.63) is 23.8 Å². The van der Waals surface area contributed by atoms with Gasteiger partial charge in [0.25, 0.3) is 0 Å². The lowest BCUT2D eigenvalue weighted by molar-refractivity contribution is 0.398. The summed E-state index contributed by atoms with van der Waals surface area (Å²) in [5, 5.41) is 6.65. The average molecular weight is 435 g/mol. The summed E-state index contributed by atoms with van der Waals surface area (Å²) in [5.74, 6) is 2.57. The highest BCUT2D eigenvalue weighted by molar-refractivity contribution is 14.0. The van der Waals surface area contributed by atoms with Crippen molar-refractivity contribution in [1.29, 1.82) is 0 Å². The zero-order valence-corrected chi connectivity index (χ0v) is 17.0. The molecule has 2 N–H and O–H groups in total. The number of methoxy groups -OCH3 is 2. The van der Waals surface area contributed by atoms with E-state index < -0.39 is 0 Å². The van der Waals surface area contributed by atoms with Gasteiger partial charge in [0.05, 0.1) is 14.2 Å². The number of ether oxygens (including phenoxy) is 2. The van der Waals surface area contributed by atoms with Gasteiger partial charge in [-0.1, -0.05) is 19.8 Å². The van der Waals surface area contributed by atoms with E-state index in [1.54, 1.807) is 21.3 Å². The molecule has 0 saturated carbocycles. The number of nitrogens with one attached hydrogen (secondary N) is 2. The third kappa shape index (κ3) is 8.29. The molecule has 0 bridgehead atoms. The molecule has 5 nitrogen and oxygen atoms in total. The van der Waals surface area contributed by atoms with E-state index in [1.807, 2.05) is 18.2 Å². The van der Waals surface area contributed by atoms with Gasteiger partial charge in [-0.15, -0.1) is 24.0 Å². The molecule has 0 spiro atoms. The molecule has 0 atom stereocenters. The summed E-state index contributed by atoms with van der Waals surface area (Å²) in [6, 6.07) is 5.86. The molecule has 1 aromatic rings. The van der Waals surface area contributed by atoms with E-state index in [-0.39, 0.29) is 24.0 Å². The number of halogens is 1. The fraction of sp³-hybridized carbons (Fsp3) is 0.588. The van der Waals surface area contributed by atoms with E-state index in [1.165, 1.54) is 19.3 Å². The van der Waals surface area contributed by atoms with Gasteiger partial charge >= 0.3 is 0 Å². The third-order valence-corrected chi connectivity index (χ3v) is 3.47. The van der Waals surface area contributed by atoms with Crippen molar-refractivity contribution in [3.63, 3.8) is 0 Å². The molecule has 132 valence electrons. The Hall–Kier alpha value is -1.18. The number of benzene rings is 1. The zero-order valence-electron chi connectivity index (χ0n) is 14.6. The molecular weight excluding hydrogens is 405 g/mol. The molecule has 0 aliphatic heterocycles. The maximum Gasteiger partial charge on any atom is 0.190 e. The van der Waals surface area contributed by atoms with Gasteiger partial charge in [0, 0.05) is 20.1 Å². The highest BCUT2D eigenvalue weighted by Crippen LogP contribution is 2.24. The predicted molar refractivity (Wildman–Crippen MR) is 108 cm³/mol. The lowest BCUT2D eigenvalue weighted by Crippen LogP contribution is -2.38. The van der Waals surface area contributed by atoms with Crippen LogP contribution in [-0.4, -0.2) is 40.3 Å². The fourth-order valence-corrected chi connectivity index (χ4v) is 2.20. The number of aliphatic imine (C=N–C) groups is 1. The van der Waals surface area contributed by atoms with Crippen LogP contribution >= 0.6 is 24.0 Å². The highest BCUT2D eigenvalue weighted by Gasteiger charge is 2.05. The van der Waals surface area contributed by atoms with E-state index in [2.05, 4.69) is 22.5 Å². The van der Waals surface area contributed by atoms with Gasteiger partial charge < -0.3 is 20.1 Å². The van der Waals surface area contributed by atoms with Crippen LogP contribution in [0.4, 0.5) is 0 Å². The first kappa shape index (κ1) is 21.8. The zero-order chi connectivity index (χ0) is 16.2. The van der Waals surface area contributed by atoms with Gasteiger partial charge in [-0.25, -0.2) is 0 Å². The van der Waals surface area contributed by atoms with E-state index >= 15 is 0 Å². The predicted octanol–water partition coefficient (Wildman–Crippen LogP) is 3.22. The first-order valence-electron chi connectivity index (χ1n) is 7.90. The summed E-state index contributed by atoms with van der Waals surface area (Å²) in [7, 11) is 5.15. The van der Waals surface area contributed by atoms with Crippen LogP contribution in [-0.2, 0) is 6.42 Å². The van der Waals surface area contributed by atoms with Crippen molar-refractivity contribution in [2.45, 2.75) is 32.6 Å². The molecule has 0 amide bonds. The van der Waals surface area contributed by atoms with E-state index in [0.717, 1.165) is 42.5 Å². The number of hydrogen-bond acceptors (Lipinski definition) is 3. The Labute approximate surface area is 157 Å². The van der Waals surface area contributed by atoms with Crippen LogP contribution in [0.5, 0.6) is 11.5 Å². The molecule has 0 aliphatic carbocycles. The minimum Gasteiger partial charge on any atom is -0.497 e. The Bertz CT molecular complexity index is 467. The molecule has 0 radical (unpaired) electrons. The second-order valence-corrected chi connectivity index (χ2v) is 5.06. The van der Waals surface area contributed by atoms with Crippen LogP contribution in [0.3, 0.4) is 0 Å². The minimum atomic E-state index is 0. The van der Waals surface area contributed by atoms with Crippen molar-refractivity contribution < 1.29 is 9.47 Å². The van der Waals surface area contributed by atoms with Crippen LogP contribution in [0.1, 0.15) is 31.7 Å². The SMILES string of the molecule is CCCCCNC(=NC)NCCc1cc(OC)ccc1OC.I. The van der Waals surface area contributed by atoms with Crippen LogP contribution in [0, 0.1) is 0 Å². The van der Waals surface area contributed by atoms with Crippen molar-refractivity contribution in [1.82, 2.24) is 10.6 Å². The Morgan fingerprint density at radius 3 is 2.43 bits per heavy atom. The molecule has 0 aliphatic rings. The van der Waals surface area contributed by atoms with Gasteiger partial charge in [0.2, 0.25) is 0 Å². The van der Waals surface area contributed by atoms with Gasteiger partial charge in [0.15, 0.2) is 5.96 Å². The molecule has 1 aromatic carbocycles. The van der Waals surface area contributed by atoms with Crippen LogP contribution in [0.25, 0.3) is 0 Å². The topological polar surface area (TPSA) is 54.9 Å². The summed E-state index contributed by atoms with van der Waals surface area (Å²) < 4.78 is 10.7. The summed E-state index contributed by atoms with van der Waals surface area (Å²) >= 11 is 0. The lowest BCUT2D eigenvalue weighted by Gasteiger charge is -2.13. The molecule has 6 heteroatoms. The molecule has 0 fully saturated rings. The molecule has 0 unspecified atom stereocenters. The molecule has 0 heterocycles. The Balaban J connectivity index is 0.00000484. The standard InChI is InChI=1S/C17H29N3O2.HI/c1-5-6-7-11-19-17(18-2)20-12-10-14-13-15(21-3)8-9-16(14)22-4;/h8-9,13H,5-7,10-12H2,1-4H3,(H2,18,19,20);1H. The molecular formula is C17H30IN3O2. The Morgan fingerprint density at radius 1 is 1.09 bits per heavy atom. The molecule has 0 saturated heterocycles. The first-order valence-corrected chi connectivity index (χ1v) is 7.90. The van der Waals surface area contributed by atoms with Gasteiger partial charge in [-0.3, -0.25) is 4.99 Å². The monoisotopic (exact) mass is 435 g/mol. The third-order valence-electron chi connectivity index (χ3n) is 3.47. The van der Waals surface area contributed by atoms with Crippen LogP contribution in [0.2, 0.25) is 0 Å². The lowest BCUT2D eigenvalue weighted by atomic mass is 10.1. The van der Waals surface area contributed by atoms with Crippen LogP contribution < -0.4 is 20.1 Å². The second-order valence-electron chi connectivity index (χ2n) is 5.06. The highest BCUT2D eigenvalue weighted by atomic mass is 127. The maximum absolute atomic E-state index is 5.39. The number of guanidine groups is 1. The number of hydrogen-bond donors (Lipinski definition) is 2. The molecule has 0 aromatic heterocycles. The van der Waals surface area contributed by atoms with Gasteiger partial charge in [0.1, 0.15) is 11.5 Å². The normalized spacial score (nSPS) is 10.7. The second kappa shape index (κ2) is 13.3. The van der Waals surface area contributed by atoms with Crippen molar-refractivity contribution in [3.8, 4) is 11.5 Å². The number of rotatable bonds is 9. The van der Waals surface area contributed by atoms with E-state index in [4.69, 9.17) is 9.47 Å². The van der Waals surface area contributed by atoms with Gasteiger partial charge in [-0.2, -0.15) is 0 Å². The largest absolute Gasteiger partial charge is 0.497 e. The minimum absolute atomic E-state index is 0. The van der Waals surface area contributed by atoms with E-state index in [9.17, 15) is 0 Å². The Morgan fingerprint density at radius 2 is 1.83 bits per heavy atom. The summed E-state index contributed by atoms with van der Waals surface area (Å²) in [5.41, 5.74) is 1.12. The molecule has 1 rings (SSSR count). The first-order chi connectivity index (χ1) is 10.7. The summed E-state index contributed by atoms with van der Waals surface area (Å²) in [6.45, 7) is 3.95. The smallest absolute Gasteiger partial charge is 0.190 e. The number of unbranched alkanes of at least 4 members (excludes halogenated alkanes) is 2. The summed E-state index contributed by atoms with van der Waals surface area (Å²) in [4.78, 5) is 4.23. The quantitative estimate of drug-likeness (QED) is 0.271. The average Bonchev–Trinajstić information content (AvgIpc) is 2.56. The van der Waals surface area contributed by atoms with Crippen molar-refractivity contribution >= 4 is 29.9 Å².